The average molecular weight is 258 g/mol. The molecule has 98 valence electrons. The van der Waals surface area contributed by atoms with Gasteiger partial charge in [0.25, 0.3) is 0 Å². The van der Waals surface area contributed by atoms with Crippen LogP contribution in [0.2, 0.25) is 0 Å². The van der Waals surface area contributed by atoms with Crippen molar-refractivity contribution < 1.29 is 9.60 Å². The Balaban J connectivity index is 2.71. The Bertz CT molecular complexity index is 1000. The van der Waals surface area contributed by atoms with E-state index in [1.54, 1.807) is 22.8 Å². The lowest BCUT2D eigenvalue weighted by Gasteiger charge is -2.25. The van der Waals surface area contributed by atoms with Crippen LogP contribution in [0.1, 0.15) is 41.5 Å². The van der Waals surface area contributed by atoms with E-state index in [0.717, 1.165) is 0 Å². The fraction of sp³-hybridized carbons (Fsp3) is 0.333. The molecule has 0 saturated heterocycles. The normalized spacial score (nSPS) is 19.2. The van der Waals surface area contributed by atoms with Gasteiger partial charge < -0.3 is 4.57 Å². The fourth-order valence-corrected chi connectivity index (χ4v) is 2.72. The number of para-hydroxylation sites is 2. The molecule has 0 fully saturated rings. The summed E-state index contributed by atoms with van der Waals surface area (Å²) in [5.74, 6) is 0. The van der Waals surface area contributed by atoms with Crippen molar-refractivity contribution in [1.29, 1.82) is 0 Å². The predicted molar refractivity (Wildman–Crippen MR) is 83.9 cm³/mol. The molecular weight excluding hydrogens is 230 g/mol. The van der Waals surface area contributed by atoms with Gasteiger partial charge in [-0.25, -0.2) is 0 Å². The SMILES string of the molecule is [2H]c1ccc2c3cccc(C([2H])([2H])[2H])c3n(C(C)(C)C)c2c1C([2H])([2H])[2H]. The Morgan fingerprint density at radius 2 is 1.58 bits per heavy atom. The van der Waals surface area contributed by atoms with Gasteiger partial charge in [0.05, 0.1) is 12.4 Å². The van der Waals surface area contributed by atoms with Crippen LogP contribution in [0.3, 0.4) is 0 Å². The van der Waals surface area contributed by atoms with Gasteiger partial charge in [0.1, 0.15) is 0 Å². The lowest BCUT2D eigenvalue weighted by molar-refractivity contribution is 0.422. The number of hydrogen-bond acceptors (Lipinski definition) is 0. The highest BCUT2D eigenvalue weighted by Crippen LogP contribution is 2.36. The number of rotatable bonds is 0. The van der Waals surface area contributed by atoms with Crippen molar-refractivity contribution >= 4 is 21.8 Å². The summed E-state index contributed by atoms with van der Waals surface area (Å²) in [6.45, 7) is 0.904. The van der Waals surface area contributed by atoms with Crippen molar-refractivity contribution in [2.24, 2.45) is 0 Å². The molecule has 0 bridgehead atoms. The Labute approximate surface area is 124 Å². The third-order valence-corrected chi connectivity index (χ3v) is 3.41. The van der Waals surface area contributed by atoms with E-state index in [4.69, 9.17) is 9.60 Å². The van der Waals surface area contributed by atoms with E-state index in [9.17, 15) is 0 Å². The van der Waals surface area contributed by atoms with Crippen LogP contribution in [0.5, 0.6) is 0 Å². The highest BCUT2D eigenvalue weighted by atomic mass is 15.1. The molecule has 0 amide bonds. The molecule has 0 spiro atoms. The minimum Gasteiger partial charge on any atom is -0.335 e. The van der Waals surface area contributed by atoms with Gasteiger partial charge in [0, 0.05) is 24.5 Å². The summed E-state index contributed by atoms with van der Waals surface area (Å²) in [6.07, 6.45) is 0. The number of nitrogens with zero attached hydrogens (tertiary/aromatic N) is 1. The summed E-state index contributed by atoms with van der Waals surface area (Å²) in [6, 6.07) is 8.16. The molecular formula is C18H21N. The number of aryl methyl sites for hydroxylation is 2. The summed E-state index contributed by atoms with van der Waals surface area (Å²) < 4.78 is 57.5. The molecule has 0 aliphatic carbocycles. The summed E-state index contributed by atoms with van der Waals surface area (Å²) >= 11 is 0. The summed E-state index contributed by atoms with van der Waals surface area (Å²) in [7, 11) is 0. The van der Waals surface area contributed by atoms with Crippen LogP contribution in [-0.4, -0.2) is 4.57 Å². The molecule has 0 N–H and O–H groups in total. The third-order valence-electron chi connectivity index (χ3n) is 3.41. The van der Waals surface area contributed by atoms with E-state index in [1.807, 2.05) is 26.8 Å². The van der Waals surface area contributed by atoms with Crippen molar-refractivity contribution in [3.63, 3.8) is 0 Å². The van der Waals surface area contributed by atoms with Crippen LogP contribution < -0.4 is 0 Å². The van der Waals surface area contributed by atoms with E-state index in [2.05, 4.69) is 0 Å². The largest absolute Gasteiger partial charge is 0.335 e. The molecule has 3 rings (SSSR count). The summed E-state index contributed by atoms with van der Waals surface area (Å²) in [5, 5.41) is 1.34. The molecule has 0 aliphatic rings. The fourth-order valence-electron chi connectivity index (χ4n) is 2.72. The first kappa shape index (κ1) is 6.60. The van der Waals surface area contributed by atoms with Gasteiger partial charge in [0.15, 0.2) is 0 Å². The smallest absolute Gasteiger partial charge is 0.0626 e. The van der Waals surface area contributed by atoms with Crippen molar-refractivity contribution in [1.82, 2.24) is 4.57 Å². The summed E-state index contributed by atoms with van der Waals surface area (Å²) in [5.41, 5.74) is 0.486. The Kier molecular flexibility index (Phi) is 1.34. The highest BCUT2D eigenvalue weighted by Gasteiger charge is 2.22. The van der Waals surface area contributed by atoms with Crippen molar-refractivity contribution in [3.8, 4) is 0 Å². The predicted octanol–water partition coefficient (Wildman–Crippen LogP) is 5.17. The Morgan fingerprint density at radius 3 is 2.21 bits per heavy atom. The van der Waals surface area contributed by atoms with Gasteiger partial charge in [-0.15, -0.1) is 0 Å². The number of fused-ring (bicyclic) bond motifs is 3. The molecule has 0 unspecified atom stereocenters. The van der Waals surface area contributed by atoms with Crippen LogP contribution in [0.15, 0.2) is 36.4 Å². The first-order valence-corrected chi connectivity index (χ1v) is 6.33. The Hall–Kier alpha value is -1.76. The van der Waals surface area contributed by atoms with Crippen LogP contribution >= 0.6 is 0 Å². The van der Waals surface area contributed by atoms with Crippen LogP contribution in [0, 0.1) is 13.7 Å². The van der Waals surface area contributed by atoms with E-state index in [-0.39, 0.29) is 17.2 Å². The number of aromatic nitrogens is 1. The molecule has 0 aliphatic heterocycles. The minimum atomic E-state index is -2.48. The maximum Gasteiger partial charge on any atom is 0.0626 e. The number of benzene rings is 2. The van der Waals surface area contributed by atoms with Gasteiger partial charge in [0.2, 0.25) is 0 Å². The van der Waals surface area contributed by atoms with Gasteiger partial charge >= 0.3 is 0 Å². The highest BCUT2D eigenvalue weighted by molar-refractivity contribution is 6.10. The molecule has 0 saturated carbocycles. The second-order valence-corrected chi connectivity index (χ2v) is 5.82. The molecule has 0 atom stereocenters. The molecule has 1 nitrogen and oxygen atoms in total. The molecule has 1 heteroatoms. The zero-order valence-electron chi connectivity index (χ0n) is 18.3. The third kappa shape index (κ3) is 1.68. The average Bonchev–Trinajstić information content (AvgIpc) is 2.77. The lowest BCUT2D eigenvalue weighted by Crippen LogP contribution is -2.22. The van der Waals surface area contributed by atoms with E-state index in [0.29, 0.717) is 21.8 Å². The van der Waals surface area contributed by atoms with Gasteiger partial charge in [-0.3, -0.25) is 0 Å². The van der Waals surface area contributed by atoms with Gasteiger partial charge in [-0.2, -0.15) is 0 Å². The van der Waals surface area contributed by atoms with Crippen LogP contribution in [0.4, 0.5) is 0 Å². The summed E-state index contributed by atoms with van der Waals surface area (Å²) in [4.78, 5) is 0. The Morgan fingerprint density at radius 1 is 0.947 bits per heavy atom. The first-order chi connectivity index (χ1) is 11.7. The maximum absolute atomic E-state index is 8.18. The van der Waals surface area contributed by atoms with Crippen molar-refractivity contribution in [3.05, 3.63) is 47.5 Å². The van der Waals surface area contributed by atoms with Gasteiger partial charge in [-0.05, 0) is 45.6 Å². The molecule has 1 heterocycles. The standard InChI is InChI=1S/C18H21N/c1-12-8-6-10-14-15-11-7-9-13(2)17(15)19(16(12)14)18(3,4)5/h6-11H,1-5H3/i1D3,2D3,8D. The topological polar surface area (TPSA) is 4.93 Å². The zero-order chi connectivity index (χ0) is 19.7. The second-order valence-electron chi connectivity index (χ2n) is 5.82. The first-order valence-electron chi connectivity index (χ1n) is 9.83. The molecule has 0 radical (unpaired) electrons. The van der Waals surface area contributed by atoms with Crippen LogP contribution in [0.25, 0.3) is 21.8 Å². The quantitative estimate of drug-likeness (QED) is 0.524. The maximum atomic E-state index is 8.18. The second kappa shape index (κ2) is 3.86. The molecule has 3 aromatic rings. The zero-order valence-corrected chi connectivity index (χ0v) is 11.3. The van der Waals surface area contributed by atoms with Gasteiger partial charge in [-0.1, -0.05) is 36.4 Å². The monoisotopic (exact) mass is 258 g/mol. The molecule has 2 aromatic carbocycles. The van der Waals surface area contributed by atoms with E-state index in [1.165, 1.54) is 6.07 Å². The van der Waals surface area contributed by atoms with Crippen LogP contribution in [-0.2, 0) is 5.54 Å². The van der Waals surface area contributed by atoms with Crippen molar-refractivity contribution in [2.75, 3.05) is 0 Å². The van der Waals surface area contributed by atoms with Crippen molar-refractivity contribution in [2.45, 2.75) is 40.0 Å². The molecule has 19 heavy (non-hydrogen) atoms. The molecule has 1 aromatic heterocycles. The number of hydrogen-bond donors (Lipinski definition) is 0. The van der Waals surface area contributed by atoms with E-state index >= 15 is 0 Å². The minimum absolute atomic E-state index is 0.0439. The lowest BCUT2D eigenvalue weighted by atomic mass is 10.1. The van der Waals surface area contributed by atoms with E-state index < -0.39 is 19.2 Å².